The molecule has 0 saturated heterocycles. The number of ether oxygens (including phenoxy) is 1. The van der Waals surface area contributed by atoms with E-state index in [-0.39, 0.29) is 0 Å². The van der Waals surface area contributed by atoms with Crippen LogP contribution in [0.3, 0.4) is 0 Å². The van der Waals surface area contributed by atoms with Crippen molar-refractivity contribution in [3.8, 4) is 17.3 Å². The summed E-state index contributed by atoms with van der Waals surface area (Å²) in [5.74, 6) is 1.66. The van der Waals surface area contributed by atoms with E-state index in [1.54, 1.807) is 13.2 Å². The van der Waals surface area contributed by atoms with Crippen LogP contribution < -0.4 is 10.2 Å². The molecule has 0 aliphatic carbocycles. The molecule has 0 aliphatic rings. The minimum Gasteiger partial charge on any atom is -0.481 e. The summed E-state index contributed by atoms with van der Waals surface area (Å²) in [6.45, 7) is 4.11. The van der Waals surface area contributed by atoms with E-state index in [4.69, 9.17) is 4.74 Å². The topological polar surface area (TPSA) is 59.4 Å². The summed E-state index contributed by atoms with van der Waals surface area (Å²) in [4.78, 5) is 8.94. The van der Waals surface area contributed by atoms with Crippen LogP contribution in [-0.4, -0.2) is 22.8 Å². The van der Waals surface area contributed by atoms with Gasteiger partial charge in [0.25, 0.3) is 0 Å². The second-order valence-corrected chi connectivity index (χ2v) is 5.84. The average molecular weight is 346 g/mol. The van der Waals surface area contributed by atoms with Crippen LogP contribution in [0.4, 0.5) is 5.82 Å². The molecule has 0 bridgehead atoms. The first kappa shape index (κ1) is 17.6. The van der Waals surface area contributed by atoms with Crippen molar-refractivity contribution in [3.05, 3.63) is 71.8 Å². The van der Waals surface area contributed by atoms with E-state index < -0.39 is 0 Å². The number of hydrazone groups is 1. The molecule has 1 aromatic heterocycles. The van der Waals surface area contributed by atoms with Crippen molar-refractivity contribution >= 4 is 11.5 Å². The van der Waals surface area contributed by atoms with Crippen molar-refractivity contribution in [1.29, 1.82) is 0 Å². The normalized spacial score (nSPS) is 11.3. The predicted molar refractivity (Wildman–Crippen MR) is 106 cm³/mol. The van der Waals surface area contributed by atoms with Crippen LogP contribution in [0.1, 0.15) is 25.0 Å². The van der Waals surface area contributed by atoms with Gasteiger partial charge in [0, 0.05) is 11.6 Å². The molecule has 26 heavy (non-hydrogen) atoms. The van der Waals surface area contributed by atoms with Crippen molar-refractivity contribution in [3.63, 3.8) is 0 Å². The molecule has 0 fully saturated rings. The van der Waals surface area contributed by atoms with Crippen molar-refractivity contribution in [2.75, 3.05) is 12.5 Å². The molecule has 0 unspecified atom stereocenters. The van der Waals surface area contributed by atoms with Gasteiger partial charge in [0.05, 0.1) is 12.8 Å². The van der Waals surface area contributed by atoms with Gasteiger partial charge in [-0.2, -0.15) is 10.1 Å². The van der Waals surface area contributed by atoms with Crippen LogP contribution in [-0.2, 0) is 6.42 Å². The van der Waals surface area contributed by atoms with E-state index in [1.165, 1.54) is 5.56 Å². The molecule has 132 valence electrons. The Kier molecular flexibility index (Phi) is 5.59. The van der Waals surface area contributed by atoms with Gasteiger partial charge in [-0.3, -0.25) is 5.43 Å². The van der Waals surface area contributed by atoms with Crippen LogP contribution in [0.15, 0.2) is 65.8 Å². The molecule has 0 radical (unpaired) electrons. The number of aromatic nitrogens is 2. The zero-order valence-electron chi connectivity index (χ0n) is 15.2. The number of nitrogens with one attached hydrogen (secondary N) is 1. The van der Waals surface area contributed by atoms with Gasteiger partial charge in [0.15, 0.2) is 11.6 Å². The highest BCUT2D eigenvalue weighted by Crippen LogP contribution is 2.21. The molecular formula is C21H22N4O. The predicted octanol–water partition coefficient (Wildman–Crippen LogP) is 4.55. The van der Waals surface area contributed by atoms with Crippen molar-refractivity contribution in [2.45, 2.75) is 20.3 Å². The first-order valence-corrected chi connectivity index (χ1v) is 8.57. The summed E-state index contributed by atoms with van der Waals surface area (Å²) >= 11 is 0. The van der Waals surface area contributed by atoms with Crippen LogP contribution >= 0.6 is 0 Å². The lowest BCUT2D eigenvalue weighted by atomic mass is 10.1. The van der Waals surface area contributed by atoms with E-state index in [0.29, 0.717) is 17.5 Å². The number of rotatable bonds is 6. The lowest BCUT2D eigenvalue weighted by Crippen LogP contribution is -2.03. The summed E-state index contributed by atoms with van der Waals surface area (Å²) in [6, 6.07) is 19.9. The second-order valence-electron chi connectivity index (χ2n) is 5.84. The third-order valence-electron chi connectivity index (χ3n) is 4.06. The monoisotopic (exact) mass is 346 g/mol. The number of nitrogens with zero attached hydrogens (tertiary/aromatic N) is 3. The van der Waals surface area contributed by atoms with Gasteiger partial charge in [0.2, 0.25) is 5.88 Å². The van der Waals surface area contributed by atoms with Crippen LogP contribution in [0.25, 0.3) is 11.4 Å². The number of anilines is 1. The Morgan fingerprint density at radius 3 is 2.42 bits per heavy atom. The quantitative estimate of drug-likeness (QED) is 0.525. The van der Waals surface area contributed by atoms with Gasteiger partial charge in [-0.1, -0.05) is 61.5 Å². The second kappa shape index (κ2) is 8.25. The molecule has 3 rings (SSSR count). The third-order valence-corrected chi connectivity index (χ3v) is 4.06. The molecule has 5 heteroatoms. The Morgan fingerprint density at radius 2 is 1.77 bits per heavy atom. The van der Waals surface area contributed by atoms with Crippen LogP contribution in [0.5, 0.6) is 5.88 Å². The summed E-state index contributed by atoms with van der Waals surface area (Å²) in [7, 11) is 1.59. The highest BCUT2D eigenvalue weighted by molar-refractivity contribution is 5.99. The lowest BCUT2D eigenvalue weighted by Gasteiger charge is -2.08. The van der Waals surface area contributed by atoms with Crippen LogP contribution in [0.2, 0.25) is 0 Å². The van der Waals surface area contributed by atoms with E-state index >= 15 is 0 Å². The zero-order valence-corrected chi connectivity index (χ0v) is 15.2. The Morgan fingerprint density at radius 1 is 1.04 bits per heavy atom. The fraction of sp³-hybridized carbons (Fsp3) is 0.190. The summed E-state index contributed by atoms with van der Waals surface area (Å²) in [6.07, 6.45) is 1.03. The molecule has 5 nitrogen and oxygen atoms in total. The van der Waals surface area contributed by atoms with E-state index in [1.807, 2.05) is 37.3 Å². The van der Waals surface area contributed by atoms with E-state index in [2.05, 4.69) is 51.7 Å². The molecule has 0 amide bonds. The van der Waals surface area contributed by atoms with E-state index in [9.17, 15) is 0 Å². The Balaban J connectivity index is 1.84. The van der Waals surface area contributed by atoms with Gasteiger partial charge in [-0.15, -0.1) is 0 Å². The molecule has 1 heterocycles. The SMILES string of the molecule is CCc1ccc(C(C)=NNc2cc(OC)nc(-c3ccccc3)n2)cc1. The maximum Gasteiger partial charge on any atom is 0.218 e. The number of aryl methyl sites for hydroxylation is 1. The molecule has 0 aliphatic heterocycles. The number of hydrogen-bond acceptors (Lipinski definition) is 5. The highest BCUT2D eigenvalue weighted by Gasteiger charge is 2.07. The number of benzene rings is 2. The number of methoxy groups -OCH3 is 1. The standard InChI is InChI=1S/C21H22N4O/c1-4-16-10-12-17(13-11-16)15(2)24-25-19-14-20(26-3)23-21(22-19)18-8-6-5-7-9-18/h5-14H,4H2,1-3H3,(H,22,23,25). The van der Waals surface area contributed by atoms with Gasteiger partial charge >= 0.3 is 0 Å². The fourth-order valence-electron chi connectivity index (χ4n) is 2.49. The largest absolute Gasteiger partial charge is 0.481 e. The summed E-state index contributed by atoms with van der Waals surface area (Å²) in [5, 5.41) is 4.45. The number of hydrogen-bond donors (Lipinski definition) is 1. The molecule has 0 spiro atoms. The zero-order chi connectivity index (χ0) is 18.4. The van der Waals surface area contributed by atoms with Gasteiger partial charge < -0.3 is 4.74 Å². The molecule has 0 atom stereocenters. The van der Waals surface area contributed by atoms with Crippen LogP contribution in [0, 0.1) is 0 Å². The summed E-state index contributed by atoms with van der Waals surface area (Å²) < 4.78 is 5.29. The fourth-order valence-corrected chi connectivity index (χ4v) is 2.49. The molecule has 0 saturated carbocycles. The molecule has 3 aromatic rings. The maximum atomic E-state index is 5.29. The highest BCUT2D eigenvalue weighted by atomic mass is 16.5. The van der Waals surface area contributed by atoms with Crippen molar-refractivity contribution in [1.82, 2.24) is 9.97 Å². The van der Waals surface area contributed by atoms with Crippen molar-refractivity contribution in [2.24, 2.45) is 5.10 Å². The third kappa shape index (κ3) is 4.25. The van der Waals surface area contributed by atoms with Gasteiger partial charge in [-0.25, -0.2) is 4.98 Å². The Labute approximate surface area is 153 Å². The average Bonchev–Trinajstić information content (AvgIpc) is 2.72. The first-order valence-electron chi connectivity index (χ1n) is 8.57. The molecule has 1 N–H and O–H groups in total. The smallest absolute Gasteiger partial charge is 0.218 e. The van der Waals surface area contributed by atoms with E-state index in [0.717, 1.165) is 23.3 Å². The molecular weight excluding hydrogens is 324 g/mol. The molecule has 2 aromatic carbocycles. The minimum absolute atomic E-state index is 0.488. The Bertz CT molecular complexity index is 890. The van der Waals surface area contributed by atoms with Gasteiger partial charge in [-0.05, 0) is 24.5 Å². The Hall–Kier alpha value is -3.21. The first-order chi connectivity index (χ1) is 12.7. The van der Waals surface area contributed by atoms with Crippen molar-refractivity contribution < 1.29 is 4.74 Å². The minimum atomic E-state index is 0.488. The lowest BCUT2D eigenvalue weighted by molar-refractivity contribution is 0.398. The van der Waals surface area contributed by atoms with Gasteiger partial charge in [0.1, 0.15) is 0 Å². The summed E-state index contributed by atoms with van der Waals surface area (Å²) in [5.41, 5.74) is 7.19. The maximum absolute atomic E-state index is 5.29.